The number of benzene rings is 1. The van der Waals surface area contributed by atoms with Crippen LogP contribution in [0.1, 0.15) is 44.7 Å². The van der Waals surface area contributed by atoms with Crippen LogP contribution in [0, 0.1) is 0 Å². The highest BCUT2D eigenvalue weighted by Crippen LogP contribution is 2.40. The number of unbranched alkanes of at least 4 members (excludes halogenated alkanes) is 1. The molecule has 0 saturated heterocycles. The van der Waals surface area contributed by atoms with Crippen LogP contribution >= 0.6 is 0 Å². The Bertz CT molecular complexity index is 667. The molecule has 0 aliphatic carbocycles. The van der Waals surface area contributed by atoms with E-state index in [1.54, 1.807) is 18.5 Å². The maximum Gasteiger partial charge on any atom is 0.214 e. The Morgan fingerprint density at radius 2 is 1.78 bits per heavy atom. The van der Waals surface area contributed by atoms with Gasteiger partial charge in [0.2, 0.25) is 10.0 Å². The van der Waals surface area contributed by atoms with E-state index in [-0.39, 0.29) is 11.2 Å². The summed E-state index contributed by atoms with van der Waals surface area (Å²) < 4.78 is 37.5. The zero-order valence-electron chi connectivity index (χ0n) is 14.7. The largest absolute Gasteiger partial charge is 0.493 e. The molecule has 130 valence electrons. The van der Waals surface area contributed by atoms with Crippen molar-refractivity contribution in [2.45, 2.75) is 45.6 Å². The Kier molecular flexibility index (Phi) is 5.26. The zero-order chi connectivity index (χ0) is 17.3. The highest BCUT2D eigenvalue weighted by molar-refractivity contribution is 7.89. The third-order valence-corrected chi connectivity index (χ3v) is 6.26. The van der Waals surface area contributed by atoms with Crippen LogP contribution < -0.4 is 9.47 Å². The molecule has 0 spiro atoms. The van der Waals surface area contributed by atoms with E-state index in [0.717, 1.165) is 17.5 Å². The van der Waals surface area contributed by atoms with Gasteiger partial charge in [0, 0.05) is 18.5 Å². The molecule has 6 heteroatoms. The van der Waals surface area contributed by atoms with Gasteiger partial charge < -0.3 is 9.47 Å². The quantitative estimate of drug-likeness (QED) is 0.798. The molecule has 0 amide bonds. The topological polar surface area (TPSA) is 55.8 Å². The minimum Gasteiger partial charge on any atom is -0.493 e. The Balaban J connectivity index is 2.43. The van der Waals surface area contributed by atoms with E-state index in [2.05, 4.69) is 13.8 Å². The standard InChI is InChI=1S/C17H27NO4S/c1-6-7-8-23(19,20)18-11-13-9-15(21-4)16(22-5)10-14(13)17(2,3)12-18/h9-10H,6-8,11-12H2,1-5H3. The number of ether oxygens (including phenoxy) is 2. The van der Waals surface area contributed by atoms with Crippen molar-refractivity contribution >= 4 is 10.0 Å². The van der Waals surface area contributed by atoms with Crippen LogP contribution in [0.25, 0.3) is 0 Å². The lowest BCUT2D eigenvalue weighted by atomic mass is 9.79. The second-order valence-electron chi connectivity index (χ2n) is 6.69. The number of hydrogen-bond donors (Lipinski definition) is 0. The van der Waals surface area contributed by atoms with Gasteiger partial charge in [0.05, 0.1) is 20.0 Å². The van der Waals surface area contributed by atoms with Gasteiger partial charge in [-0.15, -0.1) is 0 Å². The molecule has 0 saturated carbocycles. The van der Waals surface area contributed by atoms with Gasteiger partial charge in [0.1, 0.15) is 0 Å². The molecule has 1 heterocycles. The molecule has 0 aromatic heterocycles. The minimum absolute atomic E-state index is 0.211. The SMILES string of the molecule is CCCCS(=O)(=O)N1Cc2cc(OC)c(OC)cc2C(C)(C)C1. The number of methoxy groups -OCH3 is 2. The highest BCUT2D eigenvalue weighted by atomic mass is 32.2. The first-order chi connectivity index (χ1) is 10.7. The minimum atomic E-state index is -3.23. The molecule has 0 unspecified atom stereocenters. The normalized spacial score (nSPS) is 17.6. The summed E-state index contributed by atoms with van der Waals surface area (Å²) in [5.74, 6) is 1.53. The predicted molar refractivity (Wildman–Crippen MR) is 91.7 cm³/mol. The van der Waals surface area contributed by atoms with Crippen molar-refractivity contribution in [3.63, 3.8) is 0 Å². The van der Waals surface area contributed by atoms with Crippen LogP contribution in [0.2, 0.25) is 0 Å². The van der Waals surface area contributed by atoms with Crippen LogP contribution in [0.5, 0.6) is 11.5 Å². The predicted octanol–water partition coefficient (Wildman–Crippen LogP) is 2.93. The van der Waals surface area contributed by atoms with Crippen LogP contribution in [-0.4, -0.2) is 39.2 Å². The Hall–Kier alpha value is -1.27. The Morgan fingerprint density at radius 3 is 2.35 bits per heavy atom. The fraction of sp³-hybridized carbons (Fsp3) is 0.647. The molecule has 1 aromatic rings. The lowest BCUT2D eigenvalue weighted by Crippen LogP contribution is -2.45. The van der Waals surface area contributed by atoms with Crippen molar-refractivity contribution in [3.05, 3.63) is 23.3 Å². The van der Waals surface area contributed by atoms with Crippen LogP contribution in [-0.2, 0) is 22.0 Å². The molecule has 0 bridgehead atoms. The molecule has 0 radical (unpaired) electrons. The summed E-state index contributed by atoms with van der Waals surface area (Å²) in [6.07, 6.45) is 1.57. The molecule has 0 N–H and O–H groups in total. The summed E-state index contributed by atoms with van der Waals surface area (Å²) in [5, 5.41) is 0. The summed E-state index contributed by atoms with van der Waals surface area (Å²) in [7, 11) is -0.0293. The first kappa shape index (κ1) is 18.1. The van der Waals surface area contributed by atoms with E-state index in [4.69, 9.17) is 9.47 Å². The first-order valence-electron chi connectivity index (χ1n) is 7.98. The second-order valence-corrected chi connectivity index (χ2v) is 8.77. The van der Waals surface area contributed by atoms with E-state index in [9.17, 15) is 8.42 Å². The summed E-state index contributed by atoms with van der Waals surface area (Å²) in [4.78, 5) is 0. The van der Waals surface area contributed by atoms with Crippen LogP contribution in [0.4, 0.5) is 0 Å². The van der Waals surface area contributed by atoms with Crippen molar-refractivity contribution in [3.8, 4) is 11.5 Å². The smallest absolute Gasteiger partial charge is 0.214 e. The zero-order valence-corrected chi connectivity index (χ0v) is 15.5. The molecule has 0 atom stereocenters. The van der Waals surface area contributed by atoms with Crippen molar-refractivity contribution in [2.75, 3.05) is 26.5 Å². The lowest BCUT2D eigenvalue weighted by molar-refractivity contribution is 0.294. The number of sulfonamides is 1. The van der Waals surface area contributed by atoms with E-state index in [1.165, 1.54) is 0 Å². The third-order valence-electron chi connectivity index (χ3n) is 4.41. The molecular formula is C17H27NO4S. The maximum absolute atomic E-state index is 12.6. The fourth-order valence-corrected chi connectivity index (χ4v) is 4.87. The van der Waals surface area contributed by atoms with Crippen LogP contribution in [0.3, 0.4) is 0 Å². The summed E-state index contributed by atoms with van der Waals surface area (Å²) in [6, 6.07) is 3.88. The summed E-state index contributed by atoms with van der Waals surface area (Å²) in [6.45, 7) is 7.02. The molecule has 5 nitrogen and oxygen atoms in total. The number of fused-ring (bicyclic) bond motifs is 1. The monoisotopic (exact) mass is 341 g/mol. The molecular weight excluding hydrogens is 314 g/mol. The van der Waals surface area contributed by atoms with E-state index >= 15 is 0 Å². The summed E-state index contributed by atoms with van der Waals surface area (Å²) >= 11 is 0. The molecule has 2 rings (SSSR count). The van der Waals surface area contributed by atoms with Crippen molar-refractivity contribution in [1.29, 1.82) is 0 Å². The van der Waals surface area contributed by atoms with Gasteiger partial charge in [0.25, 0.3) is 0 Å². The number of hydrogen-bond acceptors (Lipinski definition) is 4. The van der Waals surface area contributed by atoms with E-state index < -0.39 is 10.0 Å². The maximum atomic E-state index is 12.6. The van der Waals surface area contributed by atoms with E-state index in [1.807, 2.05) is 19.1 Å². The summed E-state index contributed by atoms with van der Waals surface area (Å²) in [5.41, 5.74) is 1.84. The number of rotatable bonds is 6. The van der Waals surface area contributed by atoms with Crippen LogP contribution in [0.15, 0.2) is 12.1 Å². The van der Waals surface area contributed by atoms with Gasteiger partial charge in [0.15, 0.2) is 11.5 Å². The van der Waals surface area contributed by atoms with Gasteiger partial charge in [-0.25, -0.2) is 8.42 Å². The molecule has 23 heavy (non-hydrogen) atoms. The van der Waals surface area contributed by atoms with Crippen molar-refractivity contribution < 1.29 is 17.9 Å². The molecule has 1 aliphatic rings. The highest BCUT2D eigenvalue weighted by Gasteiger charge is 2.37. The number of nitrogens with zero attached hydrogens (tertiary/aromatic N) is 1. The van der Waals surface area contributed by atoms with Gasteiger partial charge in [-0.3, -0.25) is 0 Å². The van der Waals surface area contributed by atoms with Crippen molar-refractivity contribution in [2.24, 2.45) is 0 Å². The average Bonchev–Trinajstić information content (AvgIpc) is 2.51. The van der Waals surface area contributed by atoms with Gasteiger partial charge in [-0.2, -0.15) is 4.31 Å². The van der Waals surface area contributed by atoms with Gasteiger partial charge in [-0.05, 0) is 29.7 Å². The molecule has 1 aromatic carbocycles. The van der Waals surface area contributed by atoms with Crippen molar-refractivity contribution in [1.82, 2.24) is 4.31 Å². The Labute approximate surface area is 139 Å². The second kappa shape index (κ2) is 6.69. The fourth-order valence-electron chi connectivity index (χ4n) is 3.11. The first-order valence-corrected chi connectivity index (χ1v) is 9.59. The van der Waals surface area contributed by atoms with E-state index in [0.29, 0.717) is 31.0 Å². The molecule has 0 fully saturated rings. The lowest BCUT2D eigenvalue weighted by Gasteiger charge is -2.39. The Morgan fingerprint density at radius 1 is 1.17 bits per heavy atom. The average molecular weight is 341 g/mol. The van der Waals surface area contributed by atoms with Gasteiger partial charge >= 0.3 is 0 Å². The molecule has 1 aliphatic heterocycles. The third kappa shape index (κ3) is 3.63. The van der Waals surface area contributed by atoms with Gasteiger partial charge in [-0.1, -0.05) is 27.2 Å².